The average molecular weight is 213 g/mol. The van der Waals surface area contributed by atoms with Crippen molar-refractivity contribution in [3.8, 4) is 0 Å². The number of ether oxygens (including phenoxy) is 2. The van der Waals surface area contributed by atoms with Crippen LogP contribution in [0.1, 0.15) is 23.1 Å². The molecule has 0 saturated heterocycles. The van der Waals surface area contributed by atoms with Gasteiger partial charge in [0.25, 0.3) is 0 Å². The van der Waals surface area contributed by atoms with Gasteiger partial charge in [0, 0.05) is 18.0 Å². The summed E-state index contributed by atoms with van der Waals surface area (Å²) >= 11 is 1.25. The van der Waals surface area contributed by atoms with Gasteiger partial charge in [-0.3, -0.25) is 0 Å². The van der Waals surface area contributed by atoms with E-state index in [4.69, 9.17) is 9.47 Å². The maximum absolute atomic E-state index is 11.4. The lowest BCUT2D eigenvalue weighted by Gasteiger charge is -2.03. The van der Waals surface area contributed by atoms with Crippen LogP contribution < -0.4 is 0 Å². The summed E-state index contributed by atoms with van der Waals surface area (Å²) in [6.07, 6.45) is 3.57. The smallest absolute Gasteiger partial charge is 0.372 e. The number of rotatable bonds is 4. The Bertz CT molecular complexity index is 319. The third-order valence-electron chi connectivity index (χ3n) is 1.43. The number of methoxy groups -OCH3 is 1. The first-order valence-electron chi connectivity index (χ1n) is 4.11. The van der Waals surface area contributed by atoms with Crippen molar-refractivity contribution >= 4 is 17.3 Å². The minimum Gasteiger partial charge on any atom is -0.501 e. The standard InChI is InChI=1S/C9H11NO3S/c1-3-7(6-12-2)13-9(11)8-10-4-5-14-8/h4-6H,3H2,1-2H3/b7-6+. The summed E-state index contributed by atoms with van der Waals surface area (Å²) in [5, 5.41) is 2.07. The van der Waals surface area contributed by atoms with Crippen molar-refractivity contribution in [3.63, 3.8) is 0 Å². The Kier molecular flexibility index (Phi) is 4.12. The van der Waals surface area contributed by atoms with E-state index in [0.717, 1.165) is 0 Å². The van der Waals surface area contributed by atoms with Crippen LogP contribution in [-0.4, -0.2) is 18.1 Å². The van der Waals surface area contributed by atoms with Crippen LogP contribution in [0.25, 0.3) is 0 Å². The molecule has 0 aliphatic heterocycles. The highest BCUT2D eigenvalue weighted by Crippen LogP contribution is 2.10. The van der Waals surface area contributed by atoms with Crippen molar-refractivity contribution in [2.75, 3.05) is 7.11 Å². The molecule has 1 heterocycles. The maximum atomic E-state index is 11.4. The number of allylic oxidation sites excluding steroid dienone is 1. The zero-order chi connectivity index (χ0) is 10.4. The van der Waals surface area contributed by atoms with Crippen LogP contribution in [0.3, 0.4) is 0 Å². The van der Waals surface area contributed by atoms with Crippen LogP contribution in [0.4, 0.5) is 0 Å². The van der Waals surface area contributed by atoms with Crippen LogP contribution in [-0.2, 0) is 9.47 Å². The van der Waals surface area contributed by atoms with Gasteiger partial charge in [0.15, 0.2) is 0 Å². The van der Waals surface area contributed by atoms with Gasteiger partial charge < -0.3 is 9.47 Å². The summed E-state index contributed by atoms with van der Waals surface area (Å²) in [5.74, 6) is 0.0536. The number of aromatic nitrogens is 1. The molecule has 0 unspecified atom stereocenters. The first-order valence-corrected chi connectivity index (χ1v) is 4.99. The highest BCUT2D eigenvalue weighted by atomic mass is 32.1. The van der Waals surface area contributed by atoms with Crippen molar-refractivity contribution < 1.29 is 14.3 Å². The Balaban J connectivity index is 2.60. The van der Waals surface area contributed by atoms with E-state index < -0.39 is 5.97 Å². The summed E-state index contributed by atoms with van der Waals surface area (Å²) in [5.41, 5.74) is 0. The third kappa shape index (κ3) is 2.85. The first kappa shape index (κ1) is 10.7. The Morgan fingerprint density at radius 1 is 1.71 bits per heavy atom. The van der Waals surface area contributed by atoms with Crippen LogP contribution >= 0.6 is 11.3 Å². The lowest BCUT2D eigenvalue weighted by Crippen LogP contribution is -2.04. The minimum atomic E-state index is -0.440. The molecule has 0 aliphatic carbocycles. The largest absolute Gasteiger partial charge is 0.501 e. The number of hydrogen-bond donors (Lipinski definition) is 0. The molecule has 5 heteroatoms. The van der Waals surface area contributed by atoms with E-state index in [1.807, 2.05) is 6.92 Å². The van der Waals surface area contributed by atoms with Crippen LogP contribution in [0.5, 0.6) is 0 Å². The van der Waals surface area contributed by atoms with E-state index >= 15 is 0 Å². The normalized spacial score (nSPS) is 11.1. The molecule has 0 atom stereocenters. The van der Waals surface area contributed by atoms with Crippen molar-refractivity contribution in [2.45, 2.75) is 13.3 Å². The molecular formula is C9H11NO3S. The van der Waals surface area contributed by atoms with Gasteiger partial charge in [-0.05, 0) is 0 Å². The SMILES string of the molecule is CC/C(=C\OC)OC(=O)c1nccs1. The maximum Gasteiger partial charge on any atom is 0.372 e. The molecule has 1 aromatic rings. The van der Waals surface area contributed by atoms with Crippen molar-refractivity contribution in [3.05, 3.63) is 28.6 Å². The first-order chi connectivity index (χ1) is 6.77. The predicted octanol–water partition coefficient (Wildman–Crippen LogP) is 2.20. The Morgan fingerprint density at radius 3 is 3.00 bits per heavy atom. The molecule has 0 spiro atoms. The molecule has 0 N–H and O–H groups in total. The van der Waals surface area contributed by atoms with E-state index in [1.165, 1.54) is 24.7 Å². The van der Waals surface area contributed by atoms with Gasteiger partial charge in [-0.15, -0.1) is 11.3 Å². The fraction of sp³-hybridized carbons (Fsp3) is 0.333. The summed E-state index contributed by atoms with van der Waals surface area (Å²) in [6, 6.07) is 0. The monoisotopic (exact) mass is 213 g/mol. The van der Waals surface area contributed by atoms with Crippen molar-refractivity contribution in [2.24, 2.45) is 0 Å². The van der Waals surface area contributed by atoms with E-state index in [-0.39, 0.29) is 0 Å². The van der Waals surface area contributed by atoms with Crippen molar-refractivity contribution in [1.29, 1.82) is 0 Å². The molecule has 0 aliphatic rings. The summed E-state index contributed by atoms with van der Waals surface area (Å²) in [7, 11) is 1.51. The van der Waals surface area contributed by atoms with Crippen LogP contribution in [0, 0.1) is 0 Å². The zero-order valence-electron chi connectivity index (χ0n) is 8.02. The molecule has 0 bridgehead atoms. The minimum absolute atomic E-state index is 0.348. The average Bonchev–Trinajstić information content (AvgIpc) is 2.69. The number of hydrogen-bond acceptors (Lipinski definition) is 5. The molecule has 1 rings (SSSR count). The number of esters is 1. The van der Waals surface area contributed by atoms with E-state index in [1.54, 1.807) is 11.6 Å². The Hall–Kier alpha value is -1.36. The number of nitrogens with zero attached hydrogens (tertiary/aromatic N) is 1. The number of carbonyl (C=O) groups is 1. The van der Waals surface area contributed by atoms with Crippen molar-refractivity contribution in [1.82, 2.24) is 4.98 Å². The van der Waals surface area contributed by atoms with Gasteiger partial charge in [-0.2, -0.15) is 0 Å². The van der Waals surface area contributed by atoms with Gasteiger partial charge in [0.05, 0.1) is 7.11 Å². The topological polar surface area (TPSA) is 48.4 Å². The second-order valence-corrected chi connectivity index (χ2v) is 3.29. The van der Waals surface area contributed by atoms with Gasteiger partial charge >= 0.3 is 5.97 Å². The molecule has 0 fully saturated rings. The Labute approximate surface area is 86.2 Å². The quantitative estimate of drug-likeness (QED) is 0.568. The van der Waals surface area contributed by atoms with Gasteiger partial charge in [0.2, 0.25) is 5.01 Å². The summed E-state index contributed by atoms with van der Waals surface area (Å²) in [4.78, 5) is 15.2. The molecular weight excluding hydrogens is 202 g/mol. The second kappa shape index (κ2) is 5.39. The van der Waals surface area contributed by atoms with Crippen LogP contribution in [0.2, 0.25) is 0 Å². The highest BCUT2D eigenvalue weighted by Gasteiger charge is 2.11. The molecule has 0 saturated carbocycles. The molecule has 14 heavy (non-hydrogen) atoms. The van der Waals surface area contributed by atoms with Gasteiger partial charge in [-0.1, -0.05) is 6.92 Å². The van der Waals surface area contributed by atoms with Crippen LogP contribution in [0.15, 0.2) is 23.6 Å². The lowest BCUT2D eigenvalue weighted by atomic mass is 10.4. The fourth-order valence-electron chi connectivity index (χ4n) is 0.798. The zero-order valence-corrected chi connectivity index (χ0v) is 8.84. The number of carbonyl (C=O) groups excluding carboxylic acids is 1. The molecule has 0 radical (unpaired) electrons. The summed E-state index contributed by atoms with van der Waals surface area (Å²) in [6.45, 7) is 1.87. The predicted molar refractivity (Wildman–Crippen MR) is 52.9 cm³/mol. The third-order valence-corrected chi connectivity index (χ3v) is 2.18. The molecule has 0 aromatic carbocycles. The molecule has 0 amide bonds. The lowest BCUT2D eigenvalue weighted by molar-refractivity contribution is 0.0602. The van der Waals surface area contributed by atoms with Gasteiger partial charge in [-0.25, -0.2) is 9.78 Å². The Morgan fingerprint density at radius 2 is 2.50 bits per heavy atom. The van der Waals surface area contributed by atoms with E-state index in [0.29, 0.717) is 17.2 Å². The van der Waals surface area contributed by atoms with E-state index in [2.05, 4.69) is 4.98 Å². The van der Waals surface area contributed by atoms with E-state index in [9.17, 15) is 4.79 Å². The van der Waals surface area contributed by atoms with Gasteiger partial charge in [0.1, 0.15) is 12.0 Å². The summed E-state index contributed by atoms with van der Waals surface area (Å²) < 4.78 is 9.79. The molecule has 4 nitrogen and oxygen atoms in total. The number of thiazole rings is 1. The molecule has 76 valence electrons. The highest BCUT2D eigenvalue weighted by molar-refractivity contribution is 7.11. The fourth-order valence-corrected chi connectivity index (χ4v) is 1.31. The second-order valence-electron chi connectivity index (χ2n) is 2.40. The molecule has 1 aromatic heterocycles.